The fourth-order valence-electron chi connectivity index (χ4n) is 2.64. The van der Waals surface area contributed by atoms with Crippen molar-refractivity contribution in [1.29, 1.82) is 0 Å². The number of hydrogen-bond donors (Lipinski definition) is 1. The highest BCUT2D eigenvalue weighted by Gasteiger charge is 2.43. The molecule has 0 saturated carbocycles. The summed E-state index contributed by atoms with van der Waals surface area (Å²) < 4.78 is 0. The van der Waals surface area contributed by atoms with Crippen molar-refractivity contribution >= 4 is 17.3 Å². The van der Waals surface area contributed by atoms with Gasteiger partial charge < -0.3 is 5.73 Å². The largest absolute Gasteiger partial charge is 0.320 e. The SMILES string of the molecule is NC1C(=O)c2ccccc2C(=O)C1C(=O)c1ccccc1. The molecule has 3 rings (SSSR count). The molecule has 21 heavy (non-hydrogen) atoms. The normalized spacial score (nSPS) is 21.0. The first-order valence-corrected chi connectivity index (χ1v) is 6.63. The lowest BCUT2D eigenvalue weighted by Crippen LogP contribution is -2.50. The van der Waals surface area contributed by atoms with Crippen LogP contribution in [0.2, 0.25) is 0 Å². The van der Waals surface area contributed by atoms with Crippen LogP contribution in [0.5, 0.6) is 0 Å². The highest BCUT2D eigenvalue weighted by molar-refractivity contribution is 6.26. The summed E-state index contributed by atoms with van der Waals surface area (Å²) in [7, 11) is 0. The van der Waals surface area contributed by atoms with Gasteiger partial charge in [-0.2, -0.15) is 0 Å². The number of nitrogens with two attached hydrogens (primary N) is 1. The molecule has 2 unspecified atom stereocenters. The second kappa shape index (κ2) is 5.07. The van der Waals surface area contributed by atoms with Gasteiger partial charge in [0.2, 0.25) is 0 Å². The van der Waals surface area contributed by atoms with Gasteiger partial charge in [-0.1, -0.05) is 54.6 Å². The van der Waals surface area contributed by atoms with E-state index in [0.29, 0.717) is 11.1 Å². The smallest absolute Gasteiger partial charge is 0.181 e. The van der Waals surface area contributed by atoms with Gasteiger partial charge in [0, 0.05) is 16.7 Å². The monoisotopic (exact) mass is 279 g/mol. The third kappa shape index (κ3) is 2.10. The molecule has 2 atom stereocenters. The number of carbonyl (C=O) groups excluding carboxylic acids is 3. The van der Waals surface area contributed by atoms with Crippen molar-refractivity contribution in [3.8, 4) is 0 Å². The van der Waals surface area contributed by atoms with Crippen LogP contribution in [0, 0.1) is 5.92 Å². The summed E-state index contributed by atoms with van der Waals surface area (Å²) in [6.45, 7) is 0. The van der Waals surface area contributed by atoms with Crippen LogP contribution < -0.4 is 5.73 Å². The molecule has 0 amide bonds. The van der Waals surface area contributed by atoms with Gasteiger partial charge in [-0.3, -0.25) is 14.4 Å². The zero-order valence-corrected chi connectivity index (χ0v) is 11.2. The Balaban J connectivity index is 2.07. The Morgan fingerprint density at radius 1 is 0.810 bits per heavy atom. The maximum Gasteiger partial charge on any atom is 0.181 e. The molecule has 0 aliphatic heterocycles. The van der Waals surface area contributed by atoms with E-state index in [2.05, 4.69) is 0 Å². The van der Waals surface area contributed by atoms with E-state index in [1.165, 1.54) is 0 Å². The number of carbonyl (C=O) groups is 3. The van der Waals surface area contributed by atoms with E-state index >= 15 is 0 Å². The number of benzene rings is 2. The number of rotatable bonds is 2. The number of fused-ring (bicyclic) bond motifs is 1. The first kappa shape index (κ1) is 13.4. The van der Waals surface area contributed by atoms with Gasteiger partial charge in [0.15, 0.2) is 17.3 Å². The van der Waals surface area contributed by atoms with Crippen molar-refractivity contribution in [2.45, 2.75) is 6.04 Å². The third-order valence-electron chi connectivity index (χ3n) is 3.74. The lowest BCUT2D eigenvalue weighted by Gasteiger charge is -2.27. The zero-order valence-electron chi connectivity index (χ0n) is 11.2. The molecule has 4 nitrogen and oxygen atoms in total. The molecule has 0 fully saturated rings. The van der Waals surface area contributed by atoms with E-state index in [4.69, 9.17) is 5.73 Å². The van der Waals surface area contributed by atoms with Crippen molar-refractivity contribution in [3.05, 3.63) is 71.3 Å². The van der Waals surface area contributed by atoms with Gasteiger partial charge in [-0.15, -0.1) is 0 Å². The Morgan fingerprint density at radius 3 is 1.95 bits per heavy atom. The molecule has 0 saturated heterocycles. The Labute approximate surface area is 121 Å². The maximum atomic E-state index is 12.5. The van der Waals surface area contributed by atoms with Crippen LogP contribution in [0.3, 0.4) is 0 Å². The molecule has 2 aromatic carbocycles. The molecular weight excluding hydrogens is 266 g/mol. The van der Waals surface area contributed by atoms with Gasteiger partial charge in [-0.25, -0.2) is 0 Å². The predicted molar refractivity (Wildman–Crippen MR) is 77.3 cm³/mol. The summed E-state index contributed by atoms with van der Waals surface area (Å²) >= 11 is 0. The van der Waals surface area contributed by atoms with Gasteiger partial charge in [0.1, 0.15) is 5.92 Å². The van der Waals surface area contributed by atoms with E-state index in [1.807, 2.05) is 0 Å². The molecule has 104 valence electrons. The molecular formula is C17H13NO3. The fourth-order valence-corrected chi connectivity index (χ4v) is 2.64. The van der Waals surface area contributed by atoms with Crippen molar-refractivity contribution in [1.82, 2.24) is 0 Å². The summed E-state index contributed by atoms with van der Waals surface area (Å²) in [6, 6.07) is 13.8. The number of ketones is 3. The molecule has 0 aromatic heterocycles. The third-order valence-corrected chi connectivity index (χ3v) is 3.74. The molecule has 0 radical (unpaired) electrons. The van der Waals surface area contributed by atoms with Crippen LogP contribution >= 0.6 is 0 Å². The molecule has 4 heteroatoms. The van der Waals surface area contributed by atoms with Gasteiger partial charge in [0.25, 0.3) is 0 Å². The zero-order chi connectivity index (χ0) is 15.0. The van der Waals surface area contributed by atoms with Crippen LogP contribution in [-0.4, -0.2) is 23.4 Å². The second-order valence-electron chi connectivity index (χ2n) is 5.01. The van der Waals surface area contributed by atoms with Crippen LogP contribution in [0.1, 0.15) is 31.1 Å². The van der Waals surface area contributed by atoms with Crippen molar-refractivity contribution in [2.24, 2.45) is 11.7 Å². The van der Waals surface area contributed by atoms with E-state index in [-0.39, 0.29) is 17.1 Å². The lowest BCUT2D eigenvalue weighted by atomic mass is 9.75. The average molecular weight is 279 g/mol. The van der Waals surface area contributed by atoms with Crippen molar-refractivity contribution in [2.75, 3.05) is 0 Å². The van der Waals surface area contributed by atoms with Crippen molar-refractivity contribution < 1.29 is 14.4 Å². The molecule has 1 aliphatic carbocycles. The summed E-state index contributed by atoms with van der Waals surface area (Å²) in [6.07, 6.45) is 0. The number of Topliss-reactive ketones (excluding diaryl/α,β-unsaturated/α-hetero) is 3. The van der Waals surface area contributed by atoms with Crippen LogP contribution in [0.15, 0.2) is 54.6 Å². The van der Waals surface area contributed by atoms with Gasteiger partial charge >= 0.3 is 0 Å². The Morgan fingerprint density at radius 2 is 1.33 bits per heavy atom. The summed E-state index contributed by atoms with van der Waals surface area (Å²) in [5.41, 5.74) is 6.84. The summed E-state index contributed by atoms with van der Waals surface area (Å²) in [5, 5.41) is 0. The maximum absolute atomic E-state index is 12.5. The molecule has 1 aliphatic rings. The minimum absolute atomic E-state index is 0.276. The average Bonchev–Trinajstić information content (AvgIpc) is 2.53. The van der Waals surface area contributed by atoms with E-state index in [9.17, 15) is 14.4 Å². The molecule has 0 spiro atoms. The Bertz CT molecular complexity index is 737. The Hall–Kier alpha value is -2.59. The quantitative estimate of drug-likeness (QED) is 0.672. The van der Waals surface area contributed by atoms with Gasteiger partial charge in [-0.05, 0) is 0 Å². The minimum atomic E-state index is -1.14. The molecule has 0 bridgehead atoms. The second-order valence-corrected chi connectivity index (χ2v) is 5.01. The lowest BCUT2D eigenvalue weighted by molar-refractivity contribution is 0.0715. The highest BCUT2D eigenvalue weighted by atomic mass is 16.2. The first-order chi connectivity index (χ1) is 10.1. The minimum Gasteiger partial charge on any atom is -0.320 e. The van der Waals surface area contributed by atoms with Crippen molar-refractivity contribution in [3.63, 3.8) is 0 Å². The topological polar surface area (TPSA) is 77.2 Å². The van der Waals surface area contributed by atoms with Crippen LogP contribution in [0.4, 0.5) is 0 Å². The first-order valence-electron chi connectivity index (χ1n) is 6.63. The van der Waals surface area contributed by atoms with E-state index < -0.39 is 17.7 Å². The fraction of sp³-hybridized carbons (Fsp3) is 0.118. The predicted octanol–water partition coefficient (Wildman–Crippen LogP) is 1.89. The number of hydrogen-bond acceptors (Lipinski definition) is 4. The molecule has 2 aromatic rings. The summed E-state index contributed by atoms with van der Waals surface area (Å²) in [5.74, 6) is -2.29. The van der Waals surface area contributed by atoms with Crippen LogP contribution in [0.25, 0.3) is 0 Å². The Kier molecular flexibility index (Phi) is 3.23. The van der Waals surface area contributed by atoms with Gasteiger partial charge in [0.05, 0.1) is 6.04 Å². The van der Waals surface area contributed by atoms with E-state index in [1.54, 1.807) is 54.6 Å². The molecule has 0 heterocycles. The summed E-state index contributed by atoms with van der Waals surface area (Å²) in [4.78, 5) is 37.3. The van der Waals surface area contributed by atoms with Crippen LogP contribution in [-0.2, 0) is 0 Å². The van der Waals surface area contributed by atoms with E-state index in [0.717, 1.165) is 0 Å². The molecule has 2 N–H and O–H groups in total. The standard InChI is InChI=1S/C17H13NO3/c18-14-13(15(19)10-6-2-1-3-7-10)16(20)11-8-4-5-9-12(11)17(14)21/h1-9,13-14H,18H2. The highest BCUT2D eigenvalue weighted by Crippen LogP contribution is 2.27.